The van der Waals surface area contributed by atoms with Gasteiger partial charge in [0, 0.05) is 39.3 Å². The summed E-state index contributed by atoms with van der Waals surface area (Å²) in [5, 5.41) is 12.8. The van der Waals surface area contributed by atoms with Crippen molar-refractivity contribution < 1.29 is 4.42 Å². The van der Waals surface area contributed by atoms with Gasteiger partial charge in [-0.25, -0.2) is 4.99 Å². The lowest BCUT2D eigenvalue weighted by atomic mass is 9.82. The summed E-state index contributed by atoms with van der Waals surface area (Å²) in [4.78, 5) is 7.97. The van der Waals surface area contributed by atoms with E-state index in [-0.39, 0.29) is 6.04 Å². The van der Waals surface area contributed by atoms with E-state index in [1.165, 1.54) is 22.3 Å². The van der Waals surface area contributed by atoms with E-state index in [2.05, 4.69) is 233 Å². The van der Waals surface area contributed by atoms with Crippen molar-refractivity contribution in [1.82, 2.24) is 15.5 Å². The Balaban J connectivity index is 0.929. The molecular formula is C64H45N5O. The van der Waals surface area contributed by atoms with E-state index >= 15 is 0 Å². The first-order valence-corrected chi connectivity index (χ1v) is 23.5. The van der Waals surface area contributed by atoms with Gasteiger partial charge < -0.3 is 14.6 Å². The van der Waals surface area contributed by atoms with Crippen LogP contribution in [0.15, 0.2) is 270 Å². The number of aliphatic imine (C=N–C) groups is 1. The predicted octanol–water partition coefficient (Wildman–Crippen LogP) is 15.6. The molecule has 10 aromatic rings. The molecule has 70 heavy (non-hydrogen) atoms. The molecule has 0 amide bonds. The third-order valence-corrected chi connectivity index (χ3v) is 13.0. The minimum absolute atomic E-state index is 0.236. The zero-order valence-electron chi connectivity index (χ0n) is 38.1. The number of benzene rings is 9. The maximum atomic E-state index is 6.11. The second kappa shape index (κ2) is 18.7. The fraction of sp³-hybridized carbons (Fsp3) is 0.0156. The molecule has 1 unspecified atom stereocenters. The van der Waals surface area contributed by atoms with Crippen LogP contribution >= 0.6 is 0 Å². The van der Waals surface area contributed by atoms with Crippen molar-refractivity contribution in [2.24, 2.45) is 4.99 Å². The maximum absolute atomic E-state index is 6.11. The SMILES string of the molecule is C1=C(c2ccc(-c3ccccc3)cc2)C2=NC(c3ccccc3)=C(c3ccc(N(c4ccccc4)c4ccc(-c5nnc(-c6ccccc6)o5)cc4)cc3)NC2C(c2ccc(-c3ccccc3)cc2)=C1. The van der Waals surface area contributed by atoms with Gasteiger partial charge in [-0.1, -0.05) is 200 Å². The van der Waals surface area contributed by atoms with E-state index in [4.69, 9.17) is 9.41 Å². The number of aromatic nitrogens is 2. The number of rotatable bonds is 11. The fourth-order valence-corrected chi connectivity index (χ4v) is 9.40. The Hall–Kier alpha value is -9.39. The molecule has 12 rings (SSSR count). The van der Waals surface area contributed by atoms with Crippen LogP contribution in [-0.4, -0.2) is 22.0 Å². The Morgan fingerprint density at radius 1 is 0.343 bits per heavy atom. The van der Waals surface area contributed by atoms with Crippen molar-refractivity contribution in [2.75, 3.05) is 4.90 Å². The van der Waals surface area contributed by atoms with E-state index in [1.807, 2.05) is 48.5 Å². The molecular weight excluding hydrogens is 855 g/mol. The second-order valence-corrected chi connectivity index (χ2v) is 17.3. The van der Waals surface area contributed by atoms with Gasteiger partial charge >= 0.3 is 0 Å². The molecule has 9 aromatic carbocycles. The molecule has 6 heteroatoms. The molecule has 2 heterocycles. The number of fused-ring (bicyclic) bond motifs is 1. The van der Waals surface area contributed by atoms with Crippen molar-refractivity contribution in [3.05, 3.63) is 283 Å². The van der Waals surface area contributed by atoms with Crippen LogP contribution < -0.4 is 10.2 Å². The van der Waals surface area contributed by atoms with Crippen molar-refractivity contribution in [3.63, 3.8) is 0 Å². The van der Waals surface area contributed by atoms with Gasteiger partial charge in [-0.15, -0.1) is 10.2 Å². The Kier molecular flexibility index (Phi) is 11.2. The van der Waals surface area contributed by atoms with Crippen LogP contribution in [0, 0.1) is 0 Å². The van der Waals surface area contributed by atoms with Crippen LogP contribution in [0.3, 0.4) is 0 Å². The fourth-order valence-electron chi connectivity index (χ4n) is 9.40. The molecule has 1 atom stereocenters. The van der Waals surface area contributed by atoms with Gasteiger partial charge in [0.2, 0.25) is 11.8 Å². The first-order chi connectivity index (χ1) is 34.7. The number of hydrogen-bond donors (Lipinski definition) is 1. The van der Waals surface area contributed by atoms with Crippen LogP contribution in [0.1, 0.15) is 22.3 Å². The summed E-state index contributed by atoms with van der Waals surface area (Å²) in [5.74, 6) is 0.961. The van der Waals surface area contributed by atoms with E-state index in [0.29, 0.717) is 11.8 Å². The molecule has 0 saturated carbocycles. The molecule has 1 N–H and O–H groups in total. The first-order valence-electron chi connectivity index (χ1n) is 23.5. The lowest BCUT2D eigenvalue weighted by molar-refractivity contribution is 0.584. The van der Waals surface area contributed by atoms with Crippen molar-refractivity contribution >= 4 is 45.3 Å². The number of para-hydroxylation sites is 1. The summed E-state index contributed by atoms with van der Waals surface area (Å²) < 4.78 is 6.11. The number of nitrogens with zero attached hydrogens (tertiary/aromatic N) is 4. The van der Waals surface area contributed by atoms with Gasteiger partial charge in [0.25, 0.3) is 0 Å². The Labute approximate surface area is 407 Å². The average molecular weight is 900 g/mol. The highest BCUT2D eigenvalue weighted by molar-refractivity contribution is 6.34. The number of nitrogens with one attached hydrogen (secondary N) is 1. The first kappa shape index (κ1) is 42.0. The van der Waals surface area contributed by atoms with Crippen LogP contribution in [0.2, 0.25) is 0 Å². The summed E-state index contributed by atoms with van der Waals surface area (Å²) in [6.07, 6.45) is 4.51. The van der Waals surface area contributed by atoms with Crippen molar-refractivity contribution in [1.29, 1.82) is 0 Å². The zero-order chi connectivity index (χ0) is 46.6. The van der Waals surface area contributed by atoms with Gasteiger partial charge in [0.15, 0.2) is 0 Å². The summed E-state index contributed by atoms with van der Waals surface area (Å²) in [6, 6.07) is 86.4. The van der Waals surface area contributed by atoms with E-state index < -0.39 is 0 Å². The molecule has 332 valence electrons. The normalized spacial score (nSPS) is 14.2. The van der Waals surface area contributed by atoms with Crippen LogP contribution in [0.4, 0.5) is 17.1 Å². The highest BCUT2D eigenvalue weighted by Crippen LogP contribution is 2.41. The summed E-state index contributed by atoms with van der Waals surface area (Å²) in [7, 11) is 0. The lowest BCUT2D eigenvalue weighted by Gasteiger charge is -2.35. The van der Waals surface area contributed by atoms with Crippen LogP contribution in [0.25, 0.3) is 67.7 Å². The van der Waals surface area contributed by atoms with Gasteiger partial charge in [-0.2, -0.15) is 0 Å². The molecule has 0 fully saturated rings. The smallest absolute Gasteiger partial charge is 0.248 e. The Morgan fingerprint density at radius 2 is 0.729 bits per heavy atom. The van der Waals surface area contributed by atoms with Gasteiger partial charge in [0.1, 0.15) is 0 Å². The number of anilines is 3. The third kappa shape index (κ3) is 8.35. The highest BCUT2D eigenvalue weighted by atomic mass is 16.4. The molecule has 1 aliphatic heterocycles. The van der Waals surface area contributed by atoms with Gasteiger partial charge in [-0.05, 0) is 105 Å². The van der Waals surface area contributed by atoms with Gasteiger partial charge in [0.05, 0.1) is 23.1 Å². The van der Waals surface area contributed by atoms with E-state index in [0.717, 1.165) is 78.7 Å². The minimum Gasteiger partial charge on any atom is -0.416 e. The standard InChI is InChI=1S/C64H45N5O/c1-6-16-44(17-7-1)46-26-30-48(31-27-46)57-42-43-58(49-32-28-47(29-33-49)45-18-8-2-9-19-45)62-61(57)65-59(50-20-10-3-11-21-50)60(66-62)51-34-38-55(39-35-51)69(54-24-14-5-15-25-54)56-40-36-53(37-41-56)64-68-67-63(70-64)52-22-12-4-13-23-52/h1-43,62,66H. The van der Waals surface area contributed by atoms with E-state index in [1.54, 1.807) is 0 Å². The molecule has 1 aliphatic carbocycles. The minimum atomic E-state index is -0.236. The van der Waals surface area contributed by atoms with Crippen LogP contribution in [-0.2, 0) is 0 Å². The predicted molar refractivity (Wildman–Crippen MR) is 287 cm³/mol. The average Bonchev–Trinajstić information content (AvgIpc) is 3.95. The molecule has 0 spiro atoms. The highest BCUT2D eigenvalue weighted by Gasteiger charge is 2.34. The third-order valence-electron chi connectivity index (χ3n) is 13.0. The molecule has 0 saturated heterocycles. The lowest BCUT2D eigenvalue weighted by Crippen LogP contribution is -2.41. The quantitative estimate of drug-likeness (QED) is 0.140. The summed E-state index contributed by atoms with van der Waals surface area (Å²) in [6.45, 7) is 0. The second-order valence-electron chi connectivity index (χ2n) is 17.3. The van der Waals surface area contributed by atoms with Crippen LogP contribution in [0.5, 0.6) is 0 Å². The molecule has 1 aromatic heterocycles. The molecule has 0 radical (unpaired) electrons. The molecule has 0 bridgehead atoms. The summed E-state index contributed by atoms with van der Waals surface area (Å²) in [5.41, 5.74) is 18.9. The zero-order valence-corrected chi connectivity index (χ0v) is 38.1. The van der Waals surface area contributed by atoms with E-state index in [9.17, 15) is 0 Å². The largest absolute Gasteiger partial charge is 0.416 e. The molecule has 2 aliphatic rings. The van der Waals surface area contributed by atoms with Crippen molar-refractivity contribution in [2.45, 2.75) is 6.04 Å². The maximum Gasteiger partial charge on any atom is 0.248 e. The topological polar surface area (TPSA) is 66.5 Å². The molecule has 6 nitrogen and oxygen atoms in total. The number of allylic oxidation sites excluding steroid dienone is 2. The Morgan fingerprint density at radius 3 is 1.26 bits per heavy atom. The van der Waals surface area contributed by atoms with Gasteiger partial charge in [-0.3, -0.25) is 0 Å². The monoisotopic (exact) mass is 899 g/mol. The number of hydrogen-bond acceptors (Lipinski definition) is 6. The Bertz CT molecular complexity index is 3550. The summed E-state index contributed by atoms with van der Waals surface area (Å²) >= 11 is 0. The van der Waals surface area contributed by atoms with Crippen molar-refractivity contribution in [3.8, 4) is 45.2 Å².